The van der Waals surface area contributed by atoms with Crippen molar-refractivity contribution in [3.05, 3.63) is 72.9 Å². The number of ether oxygens (including phenoxy) is 3. The Morgan fingerprint density at radius 3 is 1.50 bits per heavy atom. The largest absolute Gasteiger partial charge is 0.393 e. The van der Waals surface area contributed by atoms with E-state index in [-0.39, 0.29) is 11.5 Å². The van der Waals surface area contributed by atoms with Crippen LogP contribution in [0.2, 0.25) is 0 Å². The lowest BCUT2D eigenvalue weighted by atomic mass is 9.91. The molecule has 0 aliphatic carbocycles. The topological polar surface area (TPSA) is 47.9 Å². The van der Waals surface area contributed by atoms with Crippen LogP contribution in [0.4, 0.5) is 0 Å². The second-order valence-corrected chi connectivity index (χ2v) is 9.54. The van der Waals surface area contributed by atoms with Crippen LogP contribution in [0.25, 0.3) is 0 Å². The number of rotatable bonds is 17. The van der Waals surface area contributed by atoms with E-state index in [1.54, 1.807) is 0 Å². The molecule has 0 spiro atoms. The molecule has 4 nitrogen and oxygen atoms in total. The Kier molecular flexibility index (Phi) is 14.1. The van der Waals surface area contributed by atoms with Crippen molar-refractivity contribution in [2.24, 2.45) is 5.41 Å². The van der Waals surface area contributed by atoms with Gasteiger partial charge in [-0.15, -0.1) is 0 Å². The number of allylic oxidation sites excluding steroid dienone is 12. The molecule has 3 heterocycles. The van der Waals surface area contributed by atoms with Crippen LogP contribution in [0, 0.1) is 5.41 Å². The highest BCUT2D eigenvalue weighted by atomic mass is 16.9. The summed E-state index contributed by atoms with van der Waals surface area (Å²) in [5.74, 6) is -0.924. The van der Waals surface area contributed by atoms with Gasteiger partial charge in [-0.3, -0.25) is 0 Å². The first-order valence-corrected chi connectivity index (χ1v) is 13.1. The highest BCUT2D eigenvalue weighted by Gasteiger charge is 2.50. The molecule has 0 amide bonds. The fraction of sp³-hybridized carbons (Fsp3) is 0.600. The Hall–Kier alpha value is -1.72. The summed E-state index contributed by atoms with van der Waals surface area (Å²) < 4.78 is 17.3. The van der Waals surface area contributed by atoms with Gasteiger partial charge in [0.15, 0.2) is 0 Å². The third kappa shape index (κ3) is 12.1. The van der Waals surface area contributed by atoms with E-state index < -0.39 is 5.97 Å². The molecule has 1 atom stereocenters. The van der Waals surface area contributed by atoms with Crippen LogP contribution >= 0.6 is 0 Å². The fourth-order valence-corrected chi connectivity index (χ4v) is 3.74. The number of fused-ring (bicyclic) bond motifs is 3. The summed E-state index contributed by atoms with van der Waals surface area (Å²) in [6.07, 6.45) is 34.9. The van der Waals surface area contributed by atoms with Crippen LogP contribution in [-0.2, 0) is 14.2 Å². The molecule has 34 heavy (non-hydrogen) atoms. The Bertz CT molecular complexity index is 689. The van der Waals surface area contributed by atoms with E-state index in [1.807, 2.05) is 0 Å². The van der Waals surface area contributed by atoms with Crippen LogP contribution in [-0.4, -0.2) is 37.0 Å². The summed E-state index contributed by atoms with van der Waals surface area (Å²) in [5.41, 5.74) is -0.0175. The number of hydrogen-bond donors (Lipinski definition) is 1. The van der Waals surface area contributed by atoms with Gasteiger partial charge in [-0.2, -0.15) is 0 Å². The maximum atomic E-state index is 10.3. The van der Waals surface area contributed by atoms with Gasteiger partial charge in [0.25, 0.3) is 5.97 Å². The SMILES string of the molecule is CC/C=C\C/C=C\C/C=C\C/C=C\C/C=C\C/C=C\CCC(O)CCC12OCC(C)(CO1)CO2. The Morgan fingerprint density at radius 1 is 0.647 bits per heavy atom. The molecule has 0 aromatic heterocycles. The van der Waals surface area contributed by atoms with Gasteiger partial charge in [0.05, 0.1) is 25.9 Å². The van der Waals surface area contributed by atoms with Gasteiger partial charge in [-0.25, -0.2) is 0 Å². The molecule has 1 N–H and O–H groups in total. The summed E-state index contributed by atoms with van der Waals surface area (Å²) in [4.78, 5) is 0. The van der Waals surface area contributed by atoms with Gasteiger partial charge in [0, 0.05) is 11.8 Å². The van der Waals surface area contributed by atoms with Crippen LogP contribution in [0.15, 0.2) is 72.9 Å². The van der Waals surface area contributed by atoms with E-state index >= 15 is 0 Å². The molecule has 2 bridgehead atoms. The monoisotopic (exact) mass is 470 g/mol. The average molecular weight is 471 g/mol. The maximum absolute atomic E-state index is 10.3. The van der Waals surface area contributed by atoms with Gasteiger partial charge in [-0.1, -0.05) is 86.8 Å². The van der Waals surface area contributed by atoms with Crippen LogP contribution in [0.3, 0.4) is 0 Å². The van der Waals surface area contributed by atoms with Crippen LogP contribution in [0.1, 0.15) is 78.1 Å². The maximum Gasteiger partial charge on any atom is 0.283 e. The standard InChI is InChI=1S/C30H46O4/c1-3-4-5-6-7-8-9-10-11-12-13-14-15-16-17-18-19-20-21-22-28(31)23-24-30-32-25-29(2,26-33-30)27-34-30/h4-5,7-8,10-11,13-14,16-17,19-20,28,31H,3,6,9,12,15,18,21-27H2,1-2H3/b5-4-,8-7-,11-10-,14-13-,17-16-,20-19-. The highest BCUT2D eigenvalue weighted by molar-refractivity contribution is 5.01. The van der Waals surface area contributed by atoms with E-state index in [0.717, 1.165) is 51.4 Å². The van der Waals surface area contributed by atoms with E-state index in [4.69, 9.17) is 14.2 Å². The number of aliphatic hydroxyl groups is 1. The first kappa shape index (κ1) is 28.5. The lowest BCUT2D eigenvalue weighted by molar-refractivity contribution is -0.468. The zero-order valence-corrected chi connectivity index (χ0v) is 21.4. The molecule has 3 aliphatic heterocycles. The van der Waals surface area contributed by atoms with Gasteiger partial charge in [-0.05, 0) is 57.8 Å². The molecule has 3 rings (SSSR count). The highest BCUT2D eigenvalue weighted by Crippen LogP contribution is 2.40. The lowest BCUT2D eigenvalue weighted by Crippen LogP contribution is -2.59. The third-order valence-corrected chi connectivity index (χ3v) is 5.97. The van der Waals surface area contributed by atoms with Gasteiger partial charge < -0.3 is 19.3 Å². The summed E-state index contributed by atoms with van der Waals surface area (Å²) >= 11 is 0. The minimum Gasteiger partial charge on any atom is -0.393 e. The normalized spacial score (nSPS) is 26.6. The Balaban J connectivity index is 1.42. The molecule has 0 saturated carbocycles. The molecule has 3 aliphatic rings. The minimum atomic E-state index is -0.924. The van der Waals surface area contributed by atoms with E-state index in [0.29, 0.717) is 32.7 Å². The predicted octanol–water partition coefficient (Wildman–Crippen LogP) is 7.34. The average Bonchev–Trinajstić information content (AvgIpc) is 2.85. The molecule has 3 fully saturated rings. The van der Waals surface area contributed by atoms with Crippen LogP contribution < -0.4 is 0 Å². The van der Waals surface area contributed by atoms with Crippen molar-refractivity contribution < 1.29 is 19.3 Å². The van der Waals surface area contributed by atoms with Gasteiger partial charge >= 0.3 is 0 Å². The Morgan fingerprint density at radius 2 is 1.06 bits per heavy atom. The van der Waals surface area contributed by atoms with Crippen molar-refractivity contribution in [2.45, 2.75) is 90.1 Å². The number of aliphatic hydroxyl groups excluding tert-OH is 1. The van der Waals surface area contributed by atoms with Crippen molar-refractivity contribution in [1.82, 2.24) is 0 Å². The van der Waals surface area contributed by atoms with Crippen molar-refractivity contribution in [3.8, 4) is 0 Å². The molecule has 4 heteroatoms. The molecule has 0 radical (unpaired) electrons. The summed E-state index contributed by atoms with van der Waals surface area (Å²) in [6.45, 7) is 6.27. The van der Waals surface area contributed by atoms with Crippen molar-refractivity contribution in [1.29, 1.82) is 0 Å². The second kappa shape index (κ2) is 16.8. The molecule has 0 aromatic rings. The lowest BCUT2D eigenvalue weighted by Gasteiger charge is -2.50. The first-order valence-electron chi connectivity index (χ1n) is 13.1. The third-order valence-electron chi connectivity index (χ3n) is 5.97. The molecule has 190 valence electrons. The van der Waals surface area contributed by atoms with Gasteiger partial charge in [0.2, 0.25) is 0 Å². The second-order valence-electron chi connectivity index (χ2n) is 9.54. The van der Waals surface area contributed by atoms with E-state index in [1.165, 1.54) is 0 Å². The molecular formula is C30H46O4. The van der Waals surface area contributed by atoms with Crippen molar-refractivity contribution in [2.75, 3.05) is 19.8 Å². The first-order chi connectivity index (χ1) is 16.6. The van der Waals surface area contributed by atoms with Crippen LogP contribution in [0.5, 0.6) is 0 Å². The summed E-state index contributed by atoms with van der Waals surface area (Å²) in [6, 6.07) is 0. The fourth-order valence-electron chi connectivity index (χ4n) is 3.74. The number of hydrogen-bond acceptors (Lipinski definition) is 4. The molecule has 3 saturated heterocycles. The summed E-state index contributed by atoms with van der Waals surface area (Å²) in [7, 11) is 0. The predicted molar refractivity (Wildman–Crippen MR) is 141 cm³/mol. The quantitative estimate of drug-likeness (QED) is 0.226. The molecule has 1 unspecified atom stereocenters. The Labute approximate surface area is 207 Å². The zero-order chi connectivity index (χ0) is 24.4. The minimum absolute atomic E-state index is 0.0175. The zero-order valence-electron chi connectivity index (χ0n) is 21.4. The molecular weight excluding hydrogens is 424 g/mol. The van der Waals surface area contributed by atoms with E-state index in [2.05, 4.69) is 86.8 Å². The van der Waals surface area contributed by atoms with Crippen molar-refractivity contribution >= 4 is 0 Å². The van der Waals surface area contributed by atoms with Crippen molar-refractivity contribution in [3.63, 3.8) is 0 Å². The summed E-state index contributed by atoms with van der Waals surface area (Å²) in [5, 5.41) is 10.3. The van der Waals surface area contributed by atoms with Gasteiger partial charge in [0.1, 0.15) is 0 Å². The smallest absolute Gasteiger partial charge is 0.283 e. The molecule has 0 aromatic carbocycles. The van der Waals surface area contributed by atoms with E-state index in [9.17, 15) is 5.11 Å².